The van der Waals surface area contributed by atoms with Gasteiger partial charge in [-0.25, -0.2) is 0 Å². The number of halogens is 2. The molecule has 0 bridgehead atoms. The number of nitrogen functional groups attached to an aromatic ring is 1. The molecule has 2 heterocycles. The number of pyridine rings is 1. The second kappa shape index (κ2) is 5.11. The highest BCUT2D eigenvalue weighted by atomic mass is 35.5. The van der Waals surface area contributed by atoms with Crippen LogP contribution < -0.4 is 5.73 Å². The van der Waals surface area contributed by atoms with Crippen molar-refractivity contribution in [2.24, 2.45) is 0 Å². The Kier molecular flexibility index (Phi) is 3.30. The van der Waals surface area contributed by atoms with Crippen LogP contribution in [0.4, 0.5) is 5.69 Å². The Balaban J connectivity index is 2.04. The van der Waals surface area contributed by atoms with Crippen molar-refractivity contribution in [2.45, 2.75) is 0 Å². The molecule has 0 aliphatic heterocycles. The van der Waals surface area contributed by atoms with Gasteiger partial charge in [0.1, 0.15) is 5.69 Å². The van der Waals surface area contributed by atoms with Gasteiger partial charge in [-0.2, -0.15) is 4.98 Å². The average molecular weight is 307 g/mol. The summed E-state index contributed by atoms with van der Waals surface area (Å²) in [6.07, 6.45) is 1.61. The summed E-state index contributed by atoms with van der Waals surface area (Å²) in [5.74, 6) is 0.593. The Hall–Kier alpha value is -2.11. The molecule has 0 spiro atoms. The van der Waals surface area contributed by atoms with E-state index in [-0.39, 0.29) is 5.89 Å². The van der Waals surface area contributed by atoms with Gasteiger partial charge >= 0.3 is 0 Å². The number of rotatable bonds is 2. The van der Waals surface area contributed by atoms with Gasteiger partial charge in [0.15, 0.2) is 0 Å². The fraction of sp³-hybridized carbons (Fsp3) is 0. The molecule has 0 atom stereocenters. The Morgan fingerprint density at radius 2 is 2.00 bits per heavy atom. The highest BCUT2D eigenvalue weighted by Crippen LogP contribution is 2.29. The lowest BCUT2D eigenvalue weighted by molar-refractivity contribution is 0.432. The number of hydrogen-bond acceptors (Lipinski definition) is 5. The molecule has 0 aliphatic carbocycles. The minimum Gasteiger partial charge on any atom is -0.398 e. The fourth-order valence-corrected chi connectivity index (χ4v) is 2.09. The predicted octanol–water partition coefficient (Wildman–Crippen LogP) is 3.69. The van der Waals surface area contributed by atoms with E-state index in [1.807, 2.05) is 0 Å². The third kappa shape index (κ3) is 2.33. The van der Waals surface area contributed by atoms with Gasteiger partial charge in [0.25, 0.3) is 5.89 Å². The highest BCUT2D eigenvalue weighted by molar-refractivity contribution is 6.32. The zero-order valence-electron chi connectivity index (χ0n) is 10.0. The smallest absolute Gasteiger partial charge is 0.260 e. The summed E-state index contributed by atoms with van der Waals surface area (Å²) in [6, 6.07) is 8.47. The van der Waals surface area contributed by atoms with Crippen LogP contribution in [0.25, 0.3) is 23.0 Å². The second-order valence-corrected chi connectivity index (χ2v) is 4.83. The van der Waals surface area contributed by atoms with E-state index in [0.717, 1.165) is 0 Å². The first kappa shape index (κ1) is 12.9. The van der Waals surface area contributed by atoms with Crippen LogP contribution in [0.2, 0.25) is 10.0 Å². The summed E-state index contributed by atoms with van der Waals surface area (Å²) in [5.41, 5.74) is 7.40. The van der Waals surface area contributed by atoms with Crippen molar-refractivity contribution in [1.82, 2.24) is 15.1 Å². The van der Waals surface area contributed by atoms with E-state index < -0.39 is 0 Å². The third-order valence-corrected chi connectivity index (χ3v) is 3.18. The number of aromatic nitrogens is 3. The summed E-state index contributed by atoms with van der Waals surface area (Å²) in [5, 5.41) is 4.85. The van der Waals surface area contributed by atoms with Crippen molar-refractivity contribution >= 4 is 28.9 Å². The zero-order valence-corrected chi connectivity index (χ0v) is 11.6. The summed E-state index contributed by atoms with van der Waals surface area (Å²) >= 11 is 11.9. The van der Waals surface area contributed by atoms with Gasteiger partial charge in [0.05, 0.1) is 10.6 Å². The van der Waals surface area contributed by atoms with Gasteiger partial charge in [-0.1, -0.05) is 28.4 Å². The van der Waals surface area contributed by atoms with Crippen LogP contribution in [0.15, 0.2) is 41.1 Å². The molecule has 0 fully saturated rings. The second-order valence-electron chi connectivity index (χ2n) is 3.99. The summed E-state index contributed by atoms with van der Waals surface area (Å²) in [4.78, 5) is 8.38. The molecule has 2 N–H and O–H groups in total. The Morgan fingerprint density at radius 3 is 2.75 bits per heavy atom. The van der Waals surface area contributed by atoms with Crippen molar-refractivity contribution in [1.29, 1.82) is 0 Å². The quantitative estimate of drug-likeness (QED) is 0.731. The number of anilines is 1. The Bertz CT molecular complexity index is 773. The lowest BCUT2D eigenvalue weighted by Crippen LogP contribution is -1.90. The van der Waals surface area contributed by atoms with Crippen LogP contribution in [-0.4, -0.2) is 15.1 Å². The van der Waals surface area contributed by atoms with E-state index in [2.05, 4.69) is 15.1 Å². The molecule has 7 heteroatoms. The van der Waals surface area contributed by atoms with Crippen molar-refractivity contribution < 1.29 is 4.52 Å². The van der Waals surface area contributed by atoms with E-state index in [4.69, 9.17) is 33.5 Å². The van der Waals surface area contributed by atoms with Crippen molar-refractivity contribution in [3.05, 3.63) is 46.6 Å². The van der Waals surface area contributed by atoms with Crippen LogP contribution >= 0.6 is 23.2 Å². The summed E-state index contributed by atoms with van der Waals surface area (Å²) in [6.45, 7) is 0. The number of hydrogen-bond donors (Lipinski definition) is 1. The lowest BCUT2D eigenvalue weighted by Gasteiger charge is -2.00. The number of nitrogens with two attached hydrogens (primary N) is 1. The molecule has 20 heavy (non-hydrogen) atoms. The van der Waals surface area contributed by atoms with Gasteiger partial charge < -0.3 is 10.3 Å². The molecule has 0 amide bonds. The first-order valence-electron chi connectivity index (χ1n) is 5.65. The highest BCUT2D eigenvalue weighted by Gasteiger charge is 2.15. The SMILES string of the molecule is Nc1cc(Cl)ccc1-c1nc(-c2ncccc2Cl)no1. The molecular weight excluding hydrogens is 299 g/mol. The van der Waals surface area contributed by atoms with Gasteiger partial charge in [-0.05, 0) is 30.3 Å². The van der Waals surface area contributed by atoms with Crippen LogP contribution in [0.1, 0.15) is 0 Å². The van der Waals surface area contributed by atoms with Gasteiger partial charge in [-0.15, -0.1) is 0 Å². The van der Waals surface area contributed by atoms with Crippen molar-refractivity contribution in [3.8, 4) is 23.0 Å². The Morgan fingerprint density at radius 1 is 1.15 bits per heavy atom. The van der Waals surface area contributed by atoms with Crippen LogP contribution in [0, 0.1) is 0 Å². The minimum atomic E-state index is 0.288. The molecule has 3 aromatic rings. The molecular formula is C13H8Cl2N4O. The zero-order chi connectivity index (χ0) is 14.1. The standard InChI is InChI=1S/C13H8Cl2N4O/c14-7-3-4-8(10(16)6-7)13-18-12(19-20-13)11-9(15)2-1-5-17-11/h1-6H,16H2. The maximum absolute atomic E-state index is 6.04. The molecule has 0 saturated heterocycles. The van der Waals surface area contributed by atoms with Crippen LogP contribution in [-0.2, 0) is 0 Å². The normalized spacial score (nSPS) is 10.7. The largest absolute Gasteiger partial charge is 0.398 e. The summed E-state index contributed by atoms with van der Waals surface area (Å²) in [7, 11) is 0. The van der Waals surface area contributed by atoms with E-state index in [1.54, 1.807) is 36.5 Å². The summed E-state index contributed by atoms with van der Waals surface area (Å²) < 4.78 is 5.20. The molecule has 0 unspecified atom stereocenters. The van der Waals surface area contributed by atoms with Crippen molar-refractivity contribution in [2.75, 3.05) is 5.73 Å². The molecule has 3 rings (SSSR count). The molecule has 0 radical (unpaired) electrons. The minimum absolute atomic E-state index is 0.288. The topological polar surface area (TPSA) is 77.8 Å². The van der Waals surface area contributed by atoms with E-state index >= 15 is 0 Å². The molecule has 1 aromatic carbocycles. The van der Waals surface area contributed by atoms with Crippen molar-refractivity contribution in [3.63, 3.8) is 0 Å². The van der Waals surface area contributed by atoms with Gasteiger partial charge in [-0.3, -0.25) is 4.98 Å². The average Bonchev–Trinajstić information content (AvgIpc) is 2.88. The van der Waals surface area contributed by atoms with E-state index in [1.165, 1.54) is 0 Å². The molecule has 0 saturated carbocycles. The maximum atomic E-state index is 6.04. The molecule has 100 valence electrons. The lowest BCUT2D eigenvalue weighted by atomic mass is 10.2. The van der Waals surface area contributed by atoms with Crippen LogP contribution in [0.5, 0.6) is 0 Å². The van der Waals surface area contributed by atoms with E-state index in [9.17, 15) is 0 Å². The Labute approximate surface area is 124 Å². The molecule has 2 aromatic heterocycles. The number of nitrogens with zero attached hydrogens (tertiary/aromatic N) is 3. The monoisotopic (exact) mass is 306 g/mol. The third-order valence-electron chi connectivity index (χ3n) is 2.64. The first-order chi connectivity index (χ1) is 9.65. The van der Waals surface area contributed by atoms with Gasteiger partial charge in [0, 0.05) is 16.9 Å². The maximum Gasteiger partial charge on any atom is 0.260 e. The predicted molar refractivity (Wildman–Crippen MR) is 77.4 cm³/mol. The molecule has 0 aliphatic rings. The van der Waals surface area contributed by atoms with Crippen LogP contribution in [0.3, 0.4) is 0 Å². The fourth-order valence-electron chi connectivity index (χ4n) is 1.71. The van der Waals surface area contributed by atoms with E-state index in [0.29, 0.717) is 32.8 Å². The number of benzene rings is 1. The molecule has 5 nitrogen and oxygen atoms in total. The van der Waals surface area contributed by atoms with Gasteiger partial charge in [0.2, 0.25) is 5.82 Å². The first-order valence-corrected chi connectivity index (χ1v) is 6.41.